The molecule has 4 aromatic rings. The monoisotopic (exact) mass is 545 g/mol. The van der Waals surface area contributed by atoms with Crippen molar-refractivity contribution in [2.24, 2.45) is 10.2 Å². The van der Waals surface area contributed by atoms with Gasteiger partial charge in [0.2, 0.25) is 0 Å². The molecular formula is C20H10CrN2NaO8S2. The maximum absolute atomic E-state index is 12.9. The maximum Gasteiger partial charge on any atom is 3.00 e. The number of hydrogen-bond donors (Lipinski definition) is 0. The van der Waals surface area contributed by atoms with Crippen LogP contribution in [0.5, 0.6) is 11.5 Å². The standard InChI is InChI=1S/C20H14N2O8S2.Cr.Na/c23-15-9-8-11-4-1-2-5-12(11)19(15)22-21-14-10-17(32(28,29)30)13-6-3-7-16(31(25,26)27)18(13)20(14)24;;/h1-10,23-24H,(H,25,26,27)(H,28,29,30);;/q;+3;+1/p-4. The van der Waals surface area contributed by atoms with Crippen LogP contribution in [0.3, 0.4) is 0 Å². The molecule has 4 rings (SSSR count). The van der Waals surface area contributed by atoms with Crippen molar-refractivity contribution in [3.8, 4) is 11.5 Å². The van der Waals surface area contributed by atoms with E-state index < -0.39 is 58.0 Å². The fourth-order valence-corrected chi connectivity index (χ4v) is 4.69. The summed E-state index contributed by atoms with van der Waals surface area (Å²) in [5.74, 6) is -1.68. The fraction of sp³-hybridized carbons (Fsp3) is 0. The van der Waals surface area contributed by atoms with Crippen molar-refractivity contribution in [1.29, 1.82) is 0 Å². The Hall–Kier alpha value is -2.05. The van der Waals surface area contributed by atoms with Crippen LogP contribution in [0, 0.1) is 0 Å². The van der Waals surface area contributed by atoms with Crippen LogP contribution in [0.25, 0.3) is 21.5 Å². The predicted octanol–water partition coefficient (Wildman–Crippen LogP) is -0.635. The van der Waals surface area contributed by atoms with Gasteiger partial charge < -0.3 is 19.3 Å². The average molecular weight is 545 g/mol. The summed E-state index contributed by atoms with van der Waals surface area (Å²) in [6.45, 7) is 0. The molecule has 0 N–H and O–H groups in total. The fourth-order valence-electron chi connectivity index (χ4n) is 3.30. The van der Waals surface area contributed by atoms with E-state index in [1.165, 1.54) is 6.07 Å². The van der Waals surface area contributed by atoms with Crippen LogP contribution in [0.4, 0.5) is 11.4 Å². The van der Waals surface area contributed by atoms with Crippen molar-refractivity contribution in [3.63, 3.8) is 0 Å². The van der Waals surface area contributed by atoms with Crippen LogP contribution in [0.15, 0.2) is 80.7 Å². The Morgan fingerprint density at radius 1 is 0.706 bits per heavy atom. The summed E-state index contributed by atoms with van der Waals surface area (Å²) < 4.78 is 70.2. The number of hydrogen-bond acceptors (Lipinski definition) is 10. The molecule has 0 aromatic heterocycles. The molecule has 14 heteroatoms. The van der Waals surface area contributed by atoms with E-state index in [-0.39, 0.29) is 52.6 Å². The molecule has 10 nitrogen and oxygen atoms in total. The maximum atomic E-state index is 12.9. The molecule has 0 aliphatic rings. The summed E-state index contributed by atoms with van der Waals surface area (Å²) in [5.41, 5.74) is -0.880. The molecule has 0 spiro atoms. The van der Waals surface area contributed by atoms with Crippen LogP contribution in [-0.2, 0) is 37.6 Å². The van der Waals surface area contributed by atoms with E-state index in [1.807, 2.05) is 0 Å². The van der Waals surface area contributed by atoms with Gasteiger partial charge in [0, 0.05) is 5.39 Å². The number of nitrogens with zero attached hydrogens (tertiary/aromatic N) is 2. The van der Waals surface area contributed by atoms with E-state index in [0.29, 0.717) is 16.8 Å². The molecule has 0 saturated heterocycles. The van der Waals surface area contributed by atoms with Gasteiger partial charge in [-0.2, -0.15) is 10.2 Å². The van der Waals surface area contributed by atoms with Gasteiger partial charge in [0.25, 0.3) is 0 Å². The number of benzene rings is 4. The van der Waals surface area contributed by atoms with E-state index in [9.17, 15) is 36.2 Å². The van der Waals surface area contributed by atoms with Gasteiger partial charge in [-0.3, -0.25) is 0 Å². The van der Waals surface area contributed by atoms with Crippen molar-refractivity contribution < 1.29 is 83.1 Å². The van der Waals surface area contributed by atoms with Gasteiger partial charge in [-0.1, -0.05) is 60.0 Å². The summed E-state index contributed by atoms with van der Waals surface area (Å²) in [7, 11) is -10.4. The van der Waals surface area contributed by atoms with Crippen molar-refractivity contribution in [2.75, 3.05) is 0 Å². The molecule has 167 valence electrons. The quantitative estimate of drug-likeness (QED) is 0.184. The molecule has 0 bridgehead atoms. The molecule has 0 fully saturated rings. The second-order valence-electron chi connectivity index (χ2n) is 6.64. The molecule has 0 aliphatic carbocycles. The summed E-state index contributed by atoms with van der Waals surface area (Å²) >= 11 is 0. The zero-order valence-corrected chi connectivity index (χ0v) is 22.1. The molecule has 0 unspecified atom stereocenters. The smallest absolute Gasteiger partial charge is 0.871 e. The van der Waals surface area contributed by atoms with Gasteiger partial charge in [0.1, 0.15) is 20.2 Å². The largest absolute Gasteiger partial charge is 3.00 e. The average Bonchev–Trinajstić information content (AvgIpc) is 2.72. The zero-order valence-electron chi connectivity index (χ0n) is 17.2. The van der Waals surface area contributed by atoms with Gasteiger partial charge in [-0.25, -0.2) is 16.8 Å². The second-order valence-corrected chi connectivity index (χ2v) is 9.34. The van der Waals surface area contributed by atoms with Crippen LogP contribution in [-0.4, -0.2) is 25.9 Å². The molecule has 0 aliphatic heterocycles. The first kappa shape index (κ1) is 28.2. The van der Waals surface area contributed by atoms with Crippen LogP contribution in [0.2, 0.25) is 0 Å². The van der Waals surface area contributed by atoms with E-state index in [1.54, 1.807) is 30.3 Å². The van der Waals surface area contributed by atoms with Crippen LogP contribution < -0.4 is 39.8 Å². The van der Waals surface area contributed by atoms with Gasteiger partial charge in [0.05, 0.1) is 21.2 Å². The minimum atomic E-state index is -5.21. The molecule has 0 saturated carbocycles. The molecular weight excluding hydrogens is 535 g/mol. The van der Waals surface area contributed by atoms with E-state index in [0.717, 1.165) is 18.2 Å². The third kappa shape index (κ3) is 5.28. The first-order valence-electron chi connectivity index (χ1n) is 8.77. The van der Waals surface area contributed by atoms with Gasteiger partial charge in [-0.05, 0) is 28.3 Å². The number of fused-ring (bicyclic) bond motifs is 2. The van der Waals surface area contributed by atoms with Crippen molar-refractivity contribution in [3.05, 3.63) is 60.7 Å². The molecule has 0 amide bonds. The third-order valence-electron chi connectivity index (χ3n) is 4.68. The normalized spacial score (nSPS) is 11.9. The summed E-state index contributed by atoms with van der Waals surface area (Å²) in [5, 5.41) is 32.3. The Bertz CT molecular complexity index is 1660. The minimum Gasteiger partial charge on any atom is -0.871 e. The van der Waals surface area contributed by atoms with Gasteiger partial charge in [-0.15, -0.1) is 0 Å². The van der Waals surface area contributed by atoms with Gasteiger partial charge >= 0.3 is 46.9 Å². The molecule has 34 heavy (non-hydrogen) atoms. The molecule has 0 atom stereocenters. The number of azo groups is 1. The molecule has 1 radical (unpaired) electrons. The SMILES string of the molecule is O=S(=O)([O-])c1cc(N=Nc2c([O-])ccc3ccccc23)c([O-])c2c(S(=O)(=O)[O-])cccc12.[Cr+3].[Na+]. The van der Waals surface area contributed by atoms with E-state index in [2.05, 4.69) is 10.2 Å². The van der Waals surface area contributed by atoms with Crippen molar-refractivity contribution in [1.82, 2.24) is 0 Å². The Labute approximate surface area is 226 Å². The molecule has 0 heterocycles. The zero-order chi connectivity index (χ0) is 23.3. The number of rotatable bonds is 4. The Morgan fingerprint density at radius 2 is 1.32 bits per heavy atom. The minimum absolute atomic E-state index is 0. The van der Waals surface area contributed by atoms with E-state index in [4.69, 9.17) is 0 Å². The second kappa shape index (κ2) is 10.3. The van der Waals surface area contributed by atoms with Crippen LogP contribution >= 0.6 is 0 Å². The van der Waals surface area contributed by atoms with Crippen LogP contribution in [0.1, 0.15) is 0 Å². The van der Waals surface area contributed by atoms with Crippen molar-refractivity contribution in [2.45, 2.75) is 9.79 Å². The summed E-state index contributed by atoms with van der Waals surface area (Å²) in [6, 6.07) is 12.9. The topological polar surface area (TPSA) is 185 Å². The predicted molar refractivity (Wildman–Crippen MR) is 107 cm³/mol. The van der Waals surface area contributed by atoms with Crippen molar-refractivity contribution >= 4 is 53.2 Å². The van der Waals surface area contributed by atoms with E-state index >= 15 is 0 Å². The Kier molecular flexibility index (Phi) is 8.53. The first-order valence-corrected chi connectivity index (χ1v) is 11.6. The summed E-state index contributed by atoms with van der Waals surface area (Å²) in [4.78, 5) is -1.96. The summed E-state index contributed by atoms with van der Waals surface area (Å²) in [6.07, 6.45) is 0. The Balaban J connectivity index is 0.00000204. The van der Waals surface area contributed by atoms with Gasteiger partial charge in [0.15, 0.2) is 0 Å². The third-order valence-corrected chi connectivity index (χ3v) is 6.43. The first-order chi connectivity index (χ1) is 15.0. The molecule has 4 aromatic carbocycles. The Morgan fingerprint density at radius 3 is 1.97 bits per heavy atom.